The van der Waals surface area contributed by atoms with E-state index in [4.69, 9.17) is 5.11 Å². The molecule has 0 unspecified atom stereocenters. The number of hydrogen-bond acceptors (Lipinski definition) is 3. The second-order valence-electron chi connectivity index (χ2n) is 5.86. The van der Waals surface area contributed by atoms with Gasteiger partial charge in [0, 0.05) is 12.6 Å². The Hall–Kier alpha value is -0.900. The normalized spacial score (nSPS) is 29.1. The second kappa shape index (κ2) is 7.04. The molecule has 2 rings (SSSR count). The van der Waals surface area contributed by atoms with Crippen molar-refractivity contribution in [1.29, 1.82) is 0 Å². The van der Waals surface area contributed by atoms with Crippen LogP contribution in [0.15, 0.2) is 30.3 Å². The largest absolute Gasteiger partial charge is 0.394 e. The molecule has 106 valence electrons. The van der Waals surface area contributed by atoms with Crippen LogP contribution in [-0.2, 0) is 0 Å². The zero-order chi connectivity index (χ0) is 13.7. The first kappa shape index (κ1) is 14.5. The summed E-state index contributed by atoms with van der Waals surface area (Å²) in [7, 11) is 0. The molecule has 0 aromatic heterocycles. The van der Waals surface area contributed by atoms with Crippen molar-refractivity contribution in [2.45, 2.75) is 44.2 Å². The lowest BCUT2D eigenvalue weighted by atomic mass is 9.76. The lowest BCUT2D eigenvalue weighted by molar-refractivity contribution is 0.0886. The number of rotatable bonds is 5. The molecule has 1 aliphatic carbocycles. The van der Waals surface area contributed by atoms with Gasteiger partial charge in [0.2, 0.25) is 0 Å². The first-order chi connectivity index (χ1) is 9.19. The van der Waals surface area contributed by atoms with Crippen LogP contribution in [0.3, 0.4) is 0 Å². The molecule has 3 nitrogen and oxygen atoms in total. The molecule has 4 atom stereocenters. The van der Waals surface area contributed by atoms with E-state index in [0.29, 0.717) is 24.4 Å². The third-order valence-electron chi connectivity index (χ3n) is 4.07. The molecule has 0 saturated heterocycles. The van der Waals surface area contributed by atoms with Crippen molar-refractivity contribution in [1.82, 2.24) is 5.32 Å². The Bertz CT molecular complexity index is 368. The summed E-state index contributed by atoms with van der Waals surface area (Å²) in [4.78, 5) is 0. The average Bonchev–Trinajstić information content (AvgIpc) is 2.45. The van der Waals surface area contributed by atoms with Gasteiger partial charge < -0.3 is 15.5 Å². The van der Waals surface area contributed by atoms with Gasteiger partial charge >= 0.3 is 0 Å². The Morgan fingerprint density at radius 3 is 2.63 bits per heavy atom. The van der Waals surface area contributed by atoms with Gasteiger partial charge in [-0.1, -0.05) is 37.3 Å². The van der Waals surface area contributed by atoms with Crippen LogP contribution in [0.25, 0.3) is 0 Å². The molecule has 3 heteroatoms. The molecule has 19 heavy (non-hydrogen) atoms. The van der Waals surface area contributed by atoms with Crippen LogP contribution < -0.4 is 5.32 Å². The number of aliphatic hydroxyl groups is 2. The molecular weight excluding hydrogens is 238 g/mol. The van der Waals surface area contributed by atoms with E-state index in [0.717, 1.165) is 12.8 Å². The van der Waals surface area contributed by atoms with Crippen molar-refractivity contribution < 1.29 is 10.2 Å². The minimum absolute atomic E-state index is 0.169. The molecule has 0 amide bonds. The van der Waals surface area contributed by atoms with Crippen LogP contribution in [0.2, 0.25) is 0 Å². The van der Waals surface area contributed by atoms with Gasteiger partial charge in [-0.3, -0.25) is 0 Å². The standard InChI is InChI=1S/C16H25NO2/c1-12-7-14(13-5-3-2-4-6-13)9-15(8-12)17-10-16(19)11-18/h2-6,12,14-19H,7-11H2,1H3/t12-,14-,15-,16-/m0/s1. The second-order valence-corrected chi connectivity index (χ2v) is 5.86. The Kier molecular flexibility index (Phi) is 5.37. The third kappa shape index (κ3) is 4.30. The zero-order valence-electron chi connectivity index (χ0n) is 11.6. The third-order valence-corrected chi connectivity index (χ3v) is 4.07. The quantitative estimate of drug-likeness (QED) is 0.760. The van der Waals surface area contributed by atoms with Crippen LogP contribution >= 0.6 is 0 Å². The smallest absolute Gasteiger partial charge is 0.0895 e. The Morgan fingerprint density at radius 1 is 1.21 bits per heavy atom. The predicted molar refractivity (Wildman–Crippen MR) is 77.1 cm³/mol. The molecule has 0 bridgehead atoms. The van der Waals surface area contributed by atoms with Gasteiger partial charge in [-0.2, -0.15) is 0 Å². The van der Waals surface area contributed by atoms with E-state index in [1.54, 1.807) is 0 Å². The van der Waals surface area contributed by atoms with Crippen LogP contribution in [0.5, 0.6) is 0 Å². The van der Waals surface area contributed by atoms with Gasteiger partial charge in [0.05, 0.1) is 12.7 Å². The van der Waals surface area contributed by atoms with Crippen LogP contribution in [0.1, 0.15) is 37.7 Å². The van der Waals surface area contributed by atoms with Crippen LogP contribution in [0.4, 0.5) is 0 Å². The van der Waals surface area contributed by atoms with Crippen molar-refractivity contribution in [2.24, 2.45) is 5.92 Å². The maximum Gasteiger partial charge on any atom is 0.0895 e. The van der Waals surface area contributed by atoms with Crippen LogP contribution in [0, 0.1) is 5.92 Å². The average molecular weight is 263 g/mol. The molecule has 0 aliphatic heterocycles. The van der Waals surface area contributed by atoms with Crippen molar-refractivity contribution in [2.75, 3.05) is 13.2 Å². The number of benzene rings is 1. The Morgan fingerprint density at radius 2 is 1.95 bits per heavy atom. The van der Waals surface area contributed by atoms with Gasteiger partial charge in [-0.25, -0.2) is 0 Å². The molecule has 1 fully saturated rings. The molecule has 0 spiro atoms. The van der Waals surface area contributed by atoms with Crippen molar-refractivity contribution in [3.05, 3.63) is 35.9 Å². The minimum atomic E-state index is -0.646. The van der Waals surface area contributed by atoms with E-state index in [2.05, 4.69) is 42.6 Å². The van der Waals surface area contributed by atoms with Crippen molar-refractivity contribution in [3.8, 4) is 0 Å². The lowest BCUT2D eigenvalue weighted by Crippen LogP contribution is -2.41. The summed E-state index contributed by atoms with van der Waals surface area (Å²) >= 11 is 0. The van der Waals surface area contributed by atoms with E-state index in [1.807, 2.05) is 0 Å². The summed E-state index contributed by atoms with van der Waals surface area (Å²) in [5.41, 5.74) is 1.42. The number of nitrogens with one attached hydrogen (secondary N) is 1. The zero-order valence-corrected chi connectivity index (χ0v) is 11.6. The van der Waals surface area contributed by atoms with Gasteiger partial charge in [0.25, 0.3) is 0 Å². The number of aliphatic hydroxyl groups excluding tert-OH is 2. The highest BCUT2D eigenvalue weighted by molar-refractivity contribution is 5.20. The molecular formula is C16H25NO2. The highest BCUT2D eigenvalue weighted by Crippen LogP contribution is 2.35. The predicted octanol–water partition coefficient (Wildman–Crippen LogP) is 1.90. The molecule has 0 heterocycles. The summed E-state index contributed by atoms with van der Waals surface area (Å²) in [5, 5.41) is 21.7. The summed E-state index contributed by atoms with van der Waals surface area (Å²) in [6, 6.07) is 11.1. The molecule has 1 aromatic carbocycles. The fraction of sp³-hybridized carbons (Fsp3) is 0.625. The summed E-state index contributed by atoms with van der Waals surface area (Å²) < 4.78 is 0. The summed E-state index contributed by atoms with van der Waals surface area (Å²) in [6.45, 7) is 2.61. The van der Waals surface area contributed by atoms with E-state index < -0.39 is 6.10 Å². The molecule has 3 N–H and O–H groups in total. The summed E-state index contributed by atoms with van der Waals surface area (Å²) in [6.07, 6.45) is 2.87. The SMILES string of the molecule is C[C@@H]1C[C@H](NC[C@H](O)CO)C[C@@H](c2ccccc2)C1. The van der Waals surface area contributed by atoms with Crippen molar-refractivity contribution in [3.63, 3.8) is 0 Å². The fourth-order valence-corrected chi connectivity index (χ4v) is 3.13. The molecule has 1 saturated carbocycles. The lowest BCUT2D eigenvalue weighted by Gasteiger charge is -2.34. The highest BCUT2D eigenvalue weighted by Gasteiger charge is 2.27. The van der Waals surface area contributed by atoms with Crippen LogP contribution in [-0.4, -0.2) is 35.5 Å². The highest BCUT2D eigenvalue weighted by atomic mass is 16.3. The number of hydrogen-bond donors (Lipinski definition) is 3. The molecule has 1 aliphatic rings. The minimum Gasteiger partial charge on any atom is -0.394 e. The van der Waals surface area contributed by atoms with E-state index in [-0.39, 0.29) is 6.61 Å². The van der Waals surface area contributed by atoms with Gasteiger partial charge in [0.15, 0.2) is 0 Å². The maximum atomic E-state index is 9.42. The molecule has 1 aromatic rings. The molecule has 0 radical (unpaired) electrons. The van der Waals surface area contributed by atoms with Gasteiger partial charge in [-0.05, 0) is 36.7 Å². The topological polar surface area (TPSA) is 52.5 Å². The van der Waals surface area contributed by atoms with E-state index in [9.17, 15) is 5.11 Å². The van der Waals surface area contributed by atoms with E-state index in [1.165, 1.54) is 12.0 Å². The summed E-state index contributed by atoms with van der Waals surface area (Å²) in [5.74, 6) is 1.30. The first-order valence-corrected chi connectivity index (χ1v) is 7.26. The monoisotopic (exact) mass is 263 g/mol. The Balaban J connectivity index is 1.92. The fourth-order valence-electron chi connectivity index (χ4n) is 3.13. The van der Waals surface area contributed by atoms with Crippen molar-refractivity contribution >= 4 is 0 Å². The van der Waals surface area contributed by atoms with E-state index >= 15 is 0 Å². The first-order valence-electron chi connectivity index (χ1n) is 7.26. The maximum absolute atomic E-state index is 9.42. The van der Waals surface area contributed by atoms with Gasteiger partial charge in [0.1, 0.15) is 0 Å². The van der Waals surface area contributed by atoms with Gasteiger partial charge in [-0.15, -0.1) is 0 Å². The Labute approximate surface area is 115 Å².